The highest BCUT2D eigenvalue weighted by atomic mass is 32.1. The highest BCUT2D eigenvalue weighted by molar-refractivity contribution is 7.18. The Morgan fingerprint density at radius 3 is 2.52 bits per heavy atom. The summed E-state index contributed by atoms with van der Waals surface area (Å²) in [4.78, 5) is 21.4. The molecule has 8 nitrogen and oxygen atoms in total. The number of fused-ring (bicyclic) bond motifs is 1. The van der Waals surface area contributed by atoms with Crippen LogP contribution in [0.2, 0.25) is 0 Å². The van der Waals surface area contributed by atoms with Crippen LogP contribution in [0.4, 0.5) is 17.6 Å². The van der Waals surface area contributed by atoms with Crippen molar-refractivity contribution in [1.29, 1.82) is 0 Å². The quantitative estimate of drug-likeness (QED) is 0.497. The van der Waals surface area contributed by atoms with E-state index in [9.17, 15) is 0 Å². The van der Waals surface area contributed by atoms with Gasteiger partial charge in [0, 0.05) is 51.9 Å². The molecule has 1 atom stereocenters. The first-order valence-corrected chi connectivity index (χ1v) is 12.9. The summed E-state index contributed by atoms with van der Waals surface area (Å²) in [6.45, 7) is 6.72. The SMILES string of the molecule is CN(CCNc1cc(N2CCCC2)nc(N2CCCC2)n1)CC(N)c1nc2ccccc2s1. The van der Waals surface area contributed by atoms with Gasteiger partial charge in [0.05, 0.1) is 16.3 Å². The lowest BCUT2D eigenvalue weighted by molar-refractivity contribution is 0.323. The summed E-state index contributed by atoms with van der Waals surface area (Å²) in [6.07, 6.45) is 4.93. The van der Waals surface area contributed by atoms with Crippen molar-refractivity contribution in [3.8, 4) is 0 Å². The number of aromatic nitrogens is 3. The smallest absolute Gasteiger partial charge is 0.229 e. The third-order valence-corrected chi connectivity index (χ3v) is 7.62. The van der Waals surface area contributed by atoms with Crippen molar-refractivity contribution in [2.24, 2.45) is 5.73 Å². The van der Waals surface area contributed by atoms with Gasteiger partial charge < -0.3 is 25.8 Å². The van der Waals surface area contributed by atoms with Gasteiger partial charge in [0.2, 0.25) is 5.95 Å². The van der Waals surface area contributed by atoms with Gasteiger partial charge in [-0.25, -0.2) is 4.98 Å². The van der Waals surface area contributed by atoms with Crippen LogP contribution >= 0.6 is 11.3 Å². The molecule has 0 bridgehead atoms. The number of hydrogen-bond acceptors (Lipinski definition) is 9. The number of benzene rings is 1. The van der Waals surface area contributed by atoms with Crippen LogP contribution in [0.3, 0.4) is 0 Å². The second-order valence-corrected chi connectivity index (χ2v) is 10.2. The zero-order chi connectivity index (χ0) is 22.6. The topological polar surface area (TPSA) is 86.4 Å². The predicted octanol–water partition coefficient (Wildman–Crippen LogP) is 3.33. The van der Waals surface area contributed by atoms with Gasteiger partial charge in [-0.3, -0.25) is 0 Å². The average Bonchev–Trinajstić information content (AvgIpc) is 3.60. The van der Waals surface area contributed by atoms with Gasteiger partial charge in [-0.05, 0) is 44.9 Å². The number of rotatable bonds is 9. The first kappa shape index (κ1) is 22.3. The van der Waals surface area contributed by atoms with E-state index < -0.39 is 0 Å². The Hall–Kier alpha value is -2.49. The molecule has 9 heteroatoms. The van der Waals surface area contributed by atoms with Crippen molar-refractivity contribution in [2.45, 2.75) is 31.7 Å². The number of nitrogens with one attached hydrogen (secondary N) is 1. The van der Waals surface area contributed by atoms with Crippen LogP contribution in [0, 0.1) is 0 Å². The van der Waals surface area contributed by atoms with Gasteiger partial charge in [-0.15, -0.1) is 11.3 Å². The third kappa shape index (κ3) is 5.37. The largest absolute Gasteiger partial charge is 0.369 e. The van der Waals surface area contributed by atoms with Crippen LogP contribution in [-0.4, -0.2) is 72.7 Å². The van der Waals surface area contributed by atoms with Crippen molar-refractivity contribution in [3.05, 3.63) is 35.3 Å². The Bertz CT molecular complexity index is 990. The summed E-state index contributed by atoms with van der Waals surface area (Å²) in [7, 11) is 2.11. The fraction of sp³-hybridized carbons (Fsp3) is 0.542. The molecule has 1 unspecified atom stereocenters. The summed E-state index contributed by atoms with van der Waals surface area (Å²) in [5.74, 6) is 2.83. The lowest BCUT2D eigenvalue weighted by atomic mass is 10.3. The molecule has 0 spiro atoms. The van der Waals surface area contributed by atoms with Crippen molar-refractivity contribution in [1.82, 2.24) is 19.9 Å². The zero-order valence-electron chi connectivity index (χ0n) is 19.4. The summed E-state index contributed by atoms with van der Waals surface area (Å²) >= 11 is 1.69. The van der Waals surface area contributed by atoms with E-state index >= 15 is 0 Å². The molecule has 2 aliphatic rings. The van der Waals surface area contributed by atoms with E-state index in [4.69, 9.17) is 20.7 Å². The van der Waals surface area contributed by atoms with Crippen LogP contribution in [0.25, 0.3) is 10.2 Å². The van der Waals surface area contributed by atoms with Crippen molar-refractivity contribution in [2.75, 3.05) is 68.0 Å². The van der Waals surface area contributed by atoms with Gasteiger partial charge in [-0.1, -0.05) is 12.1 Å². The Morgan fingerprint density at radius 2 is 1.76 bits per heavy atom. The molecular weight excluding hydrogens is 432 g/mol. The number of anilines is 3. The fourth-order valence-electron chi connectivity index (χ4n) is 4.61. The molecule has 2 aromatic heterocycles. The standard InChI is InChI=1S/C24H34N8S/c1-30(17-18(25)23-27-19-8-2-3-9-20(19)33-23)15-10-26-21-16-22(31-11-4-5-12-31)29-24(28-21)32-13-6-7-14-32/h2-3,8-9,16,18H,4-7,10-15,17,25H2,1H3,(H,26,28,29). The van der Waals surface area contributed by atoms with E-state index in [-0.39, 0.29) is 6.04 Å². The first-order valence-electron chi connectivity index (χ1n) is 12.1. The maximum absolute atomic E-state index is 6.48. The van der Waals surface area contributed by atoms with Crippen LogP contribution < -0.4 is 20.9 Å². The summed E-state index contributed by atoms with van der Waals surface area (Å²) < 4.78 is 1.19. The number of para-hydroxylation sites is 1. The minimum absolute atomic E-state index is 0.0880. The summed E-state index contributed by atoms with van der Waals surface area (Å²) in [5.41, 5.74) is 7.51. The number of hydrogen-bond donors (Lipinski definition) is 2. The maximum Gasteiger partial charge on any atom is 0.229 e. The molecule has 0 saturated carbocycles. The van der Waals surface area contributed by atoms with Crippen LogP contribution in [0.15, 0.2) is 30.3 Å². The molecule has 3 aromatic rings. The molecule has 0 radical (unpaired) electrons. The second kappa shape index (κ2) is 10.2. The first-order chi connectivity index (χ1) is 16.2. The van der Waals surface area contributed by atoms with Gasteiger partial charge in [0.25, 0.3) is 0 Å². The molecule has 0 amide bonds. The second-order valence-electron chi connectivity index (χ2n) is 9.12. The van der Waals surface area contributed by atoms with E-state index in [2.05, 4.69) is 39.2 Å². The molecule has 33 heavy (non-hydrogen) atoms. The van der Waals surface area contributed by atoms with Crippen LogP contribution in [-0.2, 0) is 0 Å². The lowest BCUT2D eigenvalue weighted by Gasteiger charge is -2.23. The maximum atomic E-state index is 6.48. The van der Waals surface area contributed by atoms with Gasteiger partial charge >= 0.3 is 0 Å². The summed E-state index contributed by atoms with van der Waals surface area (Å²) in [5, 5.41) is 4.54. The molecule has 4 heterocycles. The van der Waals surface area contributed by atoms with Gasteiger partial charge in [-0.2, -0.15) is 9.97 Å². The molecule has 2 aliphatic heterocycles. The van der Waals surface area contributed by atoms with Crippen molar-refractivity contribution in [3.63, 3.8) is 0 Å². The van der Waals surface area contributed by atoms with Gasteiger partial charge in [0.15, 0.2) is 0 Å². The van der Waals surface area contributed by atoms with Crippen molar-refractivity contribution < 1.29 is 0 Å². The fourth-order valence-corrected chi connectivity index (χ4v) is 5.57. The lowest BCUT2D eigenvalue weighted by Crippen LogP contribution is -2.32. The van der Waals surface area contributed by atoms with Gasteiger partial charge in [0.1, 0.15) is 16.6 Å². The molecule has 2 saturated heterocycles. The minimum Gasteiger partial charge on any atom is -0.369 e. The molecule has 5 rings (SSSR count). The predicted molar refractivity (Wildman–Crippen MR) is 137 cm³/mol. The van der Waals surface area contributed by atoms with Crippen LogP contribution in [0.1, 0.15) is 36.7 Å². The minimum atomic E-state index is -0.0880. The third-order valence-electron chi connectivity index (χ3n) is 6.46. The molecule has 0 aliphatic carbocycles. The number of thiazole rings is 1. The number of likely N-dealkylation sites (N-methyl/N-ethyl adjacent to an activating group) is 1. The van der Waals surface area contributed by atoms with Crippen LogP contribution in [0.5, 0.6) is 0 Å². The van der Waals surface area contributed by atoms with E-state index in [1.165, 1.54) is 30.4 Å². The molecule has 3 N–H and O–H groups in total. The Kier molecular flexibility index (Phi) is 6.89. The van der Waals surface area contributed by atoms with E-state index in [0.717, 1.165) is 73.9 Å². The molecule has 1 aromatic carbocycles. The van der Waals surface area contributed by atoms with E-state index in [1.54, 1.807) is 11.3 Å². The Morgan fingerprint density at radius 1 is 1.03 bits per heavy atom. The molecule has 176 valence electrons. The van der Waals surface area contributed by atoms with E-state index in [1.807, 2.05) is 18.2 Å². The monoisotopic (exact) mass is 466 g/mol. The highest BCUT2D eigenvalue weighted by Crippen LogP contribution is 2.27. The zero-order valence-corrected chi connectivity index (χ0v) is 20.2. The van der Waals surface area contributed by atoms with Crippen molar-refractivity contribution >= 4 is 39.1 Å². The Balaban J connectivity index is 1.18. The summed E-state index contributed by atoms with van der Waals surface area (Å²) in [6, 6.07) is 10.2. The number of nitrogens with zero attached hydrogens (tertiary/aromatic N) is 6. The Labute approximate surface area is 199 Å². The average molecular weight is 467 g/mol. The molecule has 2 fully saturated rings. The molecular formula is C24H34N8S. The van der Waals surface area contributed by atoms with E-state index in [0.29, 0.717) is 0 Å². The normalized spacial score (nSPS) is 17.4. The highest BCUT2D eigenvalue weighted by Gasteiger charge is 2.20. The number of nitrogens with two attached hydrogens (primary N) is 1.